The number of benzene rings is 2. The molecule has 2 amide bonds. The zero-order valence-electron chi connectivity index (χ0n) is 16.8. The second-order valence-corrected chi connectivity index (χ2v) is 6.18. The molecular formula is C20H21B2N5O4. The molecule has 2 rings (SSSR count). The van der Waals surface area contributed by atoms with Crippen LogP contribution in [0.5, 0.6) is 0 Å². The van der Waals surface area contributed by atoms with E-state index in [-0.39, 0.29) is 11.8 Å². The molecule has 0 spiro atoms. The van der Waals surface area contributed by atoms with Gasteiger partial charge in [-0.25, -0.2) is 0 Å². The van der Waals surface area contributed by atoms with Crippen LogP contribution in [0, 0.1) is 0 Å². The van der Waals surface area contributed by atoms with E-state index in [0.717, 1.165) is 12.2 Å². The predicted molar refractivity (Wildman–Crippen MR) is 120 cm³/mol. The molecule has 0 heterocycles. The average Bonchev–Trinajstić information content (AvgIpc) is 2.81. The van der Waals surface area contributed by atoms with Crippen LogP contribution in [0.3, 0.4) is 0 Å². The molecule has 0 bridgehead atoms. The minimum absolute atomic E-state index is 0.207. The molecule has 0 aliphatic heterocycles. The SMILES string of the molecule is O=BC=Nc1ccc(C(=O)NCCNCCNC(=O)c2ccc(N=CB=O)cc2)cc1. The van der Waals surface area contributed by atoms with Crippen molar-refractivity contribution in [3.8, 4) is 0 Å². The van der Waals surface area contributed by atoms with Crippen LogP contribution in [0.25, 0.3) is 0 Å². The van der Waals surface area contributed by atoms with E-state index in [0.29, 0.717) is 63.0 Å². The van der Waals surface area contributed by atoms with E-state index >= 15 is 0 Å². The number of amides is 2. The fourth-order valence-electron chi connectivity index (χ4n) is 2.49. The zero-order valence-corrected chi connectivity index (χ0v) is 16.8. The van der Waals surface area contributed by atoms with Crippen molar-refractivity contribution < 1.29 is 19.0 Å². The Morgan fingerprint density at radius 3 is 1.42 bits per heavy atom. The van der Waals surface area contributed by atoms with Crippen molar-refractivity contribution in [2.24, 2.45) is 9.98 Å². The summed E-state index contributed by atoms with van der Waals surface area (Å²) in [5, 5.41) is 8.71. The molecule has 0 unspecified atom stereocenters. The van der Waals surface area contributed by atoms with E-state index in [1.807, 2.05) is 0 Å². The monoisotopic (exact) mass is 417 g/mol. The molecule has 3 N–H and O–H groups in total. The quantitative estimate of drug-likeness (QED) is 0.268. The number of hydrogen-bond acceptors (Lipinski definition) is 7. The van der Waals surface area contributed by atoms with Gasteiger partial charge in [-0.05, 0) is 0 Å². The summed E-state index contributed by atoms with van der Waals surface area (Å²) in [7, 11) is 1.18. The Labute approximate surface area is 181 Å². The van der Waals surface area contributed by atoms with Gasteiger partial charge in [0.15, 0.2) is 0 Å². The first-order valence-corrected chi connectivity index (χ1v) is 9.57. The summed E-state index contributed by atoms with van der Waals surface area (Å²) in [5.41, 5.74) is 2.18. The van der Waals surface area contributed by atoms with Gasteiger partial charge < -0.3 is 0 Å². The Hall–Kier alpha value is -3.59. The summed E-state index contributed by atoms with van der Waals surface area (Å²) in [6, 6.07) is 13.2. The van der Waals surface area contributed by atoms with Gasteiger partial charge in [0.2, 0.25) is 0 Å². The fourth-order valence-corrected chi connectivity index (χ4v) is 2.49. The second kappa shape index (κ2) is 13.6. The van der Waals surface area contributed by atoms with Crippen LogP contribution >= 0.6 is 0 Å². The number of rotatable bonds is 12. The molecular weight excluding hydrogens is 396 g/mol. The summed E-state index contributed by atoms with van der Waals surface area (Å²) in [6.45, 7) is 1.96. The third-order valence-corrected chi connectivity index (χ3v) is 4.00. The summed E-state index contributed by atoms with van der Waals surface area (Å²) >= 11 is 0. The maximum atomic E-state index is 12.1. The predicted octanol–water partition coefficient (Wildman–Crippen LogP) is 0.855. The average molecular weight is 417 g/mol. The summed E-state index contributed by atoms with van der Waals surface area (Å²) in [6.07, 6.45) is 2.29. The number of nitrogens with one attached hydrogen (secondary N) is 3. The molecule has 0 fully saturated rings. The molecule has 0 aromatic heterocycles. The number of nitrogens with zero attached hydrogens (tertiary/aromatic N) is 2. The third-order valence-electron chi connectivity index (χ3n) is 4.00. The number of aliphatic imine (C=N–C) groups is 2. The zero-order chi connectivity index (χ0) is 22.3. The van der Waals surface area contributed by atoms with Gasteiger partial charge in [0, 0.05) is 0 Å². The van der Waals surface area contributed by atoms with E-state index in [9.17, 15) is 19.0 Å². The van der Waals surface area contributed by atoms with Crippen LogP contribution in [-0.2, 0) is 9.41 Å². The summed E-state index contributed by atoms with van der Waals surface area (Å²) in [5.74, 6) is -0.413. The van der Waals surface area contributed by atoms with Gasteiger partial charge in [0.1, 0.15) is 0 Å². The van der Waals surface area contributed by atoms with Crippen molar-refractivity contribution in [2.75, 3.05) is 26.2 Å². The Kier molecular flexibility index (Phi) is 10.4. The molecule has 0 radical (unpaired) electrons. The Balaban J connectivity index is 1.60. The summed E-state index contributed by atoms with van der Waals surface area (Å²) in [4.78, 5) is 31.9. The van der Waals surface area contributed by atoms with E-state index in [4.69, 9.17) is 0 Å². The van der Waals surface area contributed by atoms with Crippen LogP contribution in [-0.4, -0.2) is 64.5 Å². The molecule has 2 aromatic carbocycles. The van der Waals surface area contributed by atoms with Gasteiger partial charge >= 0.3 is 180 Å². The maximum absolute atomic E-state index is 12.1. The van der Waals surface area contributed by atoms with E-state index in [1.165, 1.54) is 0 Å². The van der Waals surface area contributed by atoms with E-state index < -0.39 is 0 Å². The first-order chi connectivity index (χ1) is 15.1. The van der Waals surface area contributed by atoms with Gasteiger partial charge in [-0.2, -0.15) is 0 Å². The van der Waals surface area contributed by atoms with Gasteiger partial charge in [-0.1, -0.05) is 0 Å². The minimum atomic E-state index is -0.207. The molecule has 156 valence electrons. The molecule has 11 heteroatoms. The van der Waals surface area contributed by atoms with Crippen molar-refractivity contribution in [3.05, 3.63) is 59.7 Å². The molecule has 31 heavy (non-hydrogen) atoms. The molecule has 0 atom stereocenters. The number of carbonyl (C=O) groups is 2. The van der Waals surface area contributed by atoms with Crippen LogP contribution in [0.15, 0.2) is 58.5 Å². The third kappa shape index (κ3) is 8.75. The van der Waals surface area contributed by atoms with Gasteiger partial charge in [-0.3, -0.25) is 0 Å². The Morgan fingerprint density at radius 2 is 1.06 bits per heavy atom. The van der Waals surface area contributed by atoms with Crippen molar-refractivity contribution in [1.82, 2.24) is 16.0 Å². The van der Waals surface area contributed by atoms with Crippen LogP contribution in [0.1, 0.15) is 20.7 Å². The fraction of sp³-hybridized carbons (Fsp3) is 0.200. The molecule has 0 saturated heterocycles. The molecule has 0 aliphatic carbocycles. The van der Waals surface area contributed by atoms with E-state index in [1.54, 1.807) is 48.5 Å². The van der Waals surface area contributed by atoms with Gasteiger partial charge in [0.05, 0.1) is 0 Å². The number of carbonyl (C=O) groups excluding carboxylic acids is 2. The molecule has 2 aromatic rings. The van der Waals surface area contributed by atoms with Crippen LogP contribution in [0.4, 0.5) is 11.4 Å². The van der Waals surface area contributed by atoms with Crippen molar-refractivity contribution >= 4 is 49.7 Å². The summed E-state index contributed by atoms with van der Waals surface area (Å²) < 4.78 is 20.5. The number of hydrogen-bond donors (Lipinski definition) is 3. The van der Waals surface area contributed by atoms with Crippen LogP contribution in [0.2, 0.25) is 0 Å². The normalized spacial score (nSPS) is 10.6. The molecule has 9 nitrogen and oxygen atoms in total. The van der Waals surface area contributed by atoms with Crippen LogP contribution < -0.4 is 16.0 Å². The molecule has 0 aliphatic rings. The van der Waals surface area contributed by atoms with E-state index in [2.05, 4.69) is 25.9 Å². The van der Waals surface area contributed by atoms with Crippen molar-refractivity contribution in [3.63, 3.8) is 0 Å². The van der Waals surface area contributed by atoms with Crippen molar-refractivity contribution in [1.29, 1.82) is 0 Å². The standard InChI is InChI=1S/C20H21B2N5O4/c28-19(15-1-5-17(6-2-15)26-13-21-30)24-11-9-23-10-12-25-20(29)16-3-7-18(8-4-16)27-14-22-31/h1-8,13-14,23H,9-12H2,(H,24,28)(H,25,29). The van der Waals surface area contributed by atoms with Crippen molar-refractivity contribution in [2.45, 2.75) is 0 Å². The van der Waals surface area contributed by atoms with Gasteiger partial charge in [0.25, 0.3) is 0 Å². The van der Waals surface area contributed by atoms with Gasteiger partial charge in [-0.15, -0.1) is 0 Å². The molecule has 0 saturated carbocycles. The topological polar surface area (TPSA) is 129 Å². The second-order valence-electron chi connectivity index (χ2n) is 6.18. The first-order valence-electron chi connectivity index (χ1n) is 9.57. The Morgan fingerprint density at radius 1 is 0.677 bits per heavy atom. The first kappa shape index (κ1) is 23.7. The Bertz CT molecular complexity index is 870.